The first-order valence-electron chi connectivity index (χ1n) is 5.67. The zero-order valence-corrected chi connectivity index (χ0v) is 11.0. The molecule has 2 N–H and O–H groups in total. The molecule has 106 valence electrons. The summed E-state index contributed by atoms with van der Waals surface area (Å²) in [5.74, 6) is -1.93. The molecule has 1 aromatic carbocycles. The topological polar surface area (TPSA) is 55.6 Å². The smallest absolute Gasteiger partial charge is 0.254 e. The van der Waals surface area contributed by atoms with E-state index in [0.29, 0.717) is 26.2 Å². The Labute approximate surface area is 115 Å². The summed E-state index contributed by atoms with van der Waals surface area (Å²) in [6.07, 6.45) is -0.221. The van der Waals surface area contributed by atoms with E-state index >= 15 is 0 Å². The molecule has 1 aliphatic rings. The Hall–Kier alpha value is -1.24. The van der Waals surface area contributed by atoms with Crippen molar-refractivity contribution in [1.29, 1.82) is 0 Å². The van der Waals surface area contributed by atoms with Gasteiger partial charge in [-0.1, -0.05) is 0 Å². The highest BCUT2D eigenvalue weighted by Crippen LogP contribution is 2.13. The van der Waals surface area contributed by atoms with E-state index in [-0.39, 0.29) is 24.1 Å². The van der Waals surface area contributed by atoms with E-state index in [4.69, 9.17) is 10.5 Å². The standard InChI is InChI=1S/C12H14F2N2O2.ClH/c13-9-3-8(4-10(14)5-9)12(17)16-1-2-18-11(6-15)7-16;/h3-5,11H,1-2,6-7,15H2;1H. The van der Waals surface area contributed by atoms with Crippen molar-refractivity contribution in [2.75, 3.05) is 26.2 Å². The van der Waals surface area contributed by atoms with Gasteiger partial charge >= 0.3 is 0 Å². The van der Waals surface area contributed by atoms with E-state index < -0.39 is 17.5 Å². The maximum atomic E-state index is 13.0. The molecule has 1 heterocycles. The second-order valence-corrected chi connectivity index (χ2v) is 4.14. The molecule has 0 bridgehead atoms. The highest BCUT2D eigenvalue weighted by Gasteiger charge is 2.24. The van der Waals surface area contributed by atoms with Crippen molar-refractivity contribution in [2.45, 2.75) is 6.10 Å². The summed E-state index contributed by atoms with van der Waals surface area (Å²) in [4.78, 5) is 13.6. The molecule has 2 rings (SSSR count). The summed E-state index contributed by atoms with van der Waals surface area (Å²) in [5.41, 5.74) is 5.47. The number of amides is 1. The van der Waals surface area contributed by atoms with Gasteiger partial charge in [-0.05, 0) is 12.1 Å². The number of carbonyl (C=O) groups is 1. The molecule has 0 saturated carbocycles. The second kappa shape index (κ2) is 6.79. The fraction of sp³-hybridized carbons (Fsp3) is 0.417. The molecule has 1 fully saturated rings. The van der Waals surface area contributed by atoms with Crippen molar-refractivity contribution < 1.29 is 18.3 Å². The van der Waals surface area contributed by atoms with Gasteiger partial charge in [-0.25, -0.2) is 8.78 Å². The zero-order chi connectivity index (χ0) is 13.1. The lowest BCUT2D eigenvalue weighted by Gasteiger charge is -2.32. The van der Waals surface area contributed by atoms with Crippen LogP contribution in [0, 0.1) is 11.6 Å². The Morgan fingerprint density at radius 1 is 1.37 bits per heavy atom. The molecule has 0 radical (unpaired) electrons. The van der Waals surface area contributed by atoms with Crippen molar-refractivity contribution in [3.8, 4) is 0 Å². The van der Waals surface area contributed by atoms with Crippen LogP contribution in [0.25, 0.3) is 0 Å². The van der Waals surface area contributed by atoms with Crippen LogP contribution in [-0.4, -0.2) is 43.2 Å². The lowest BCUT2D eigenvalue weighted by Crippen LogP contribution is -2.48. The van der Waals surface area contributed by atoms with Gasteiger partial charge in [0.05, 0.1) is 12.7 Å². The average molecular weight is 293 g/mol. The van der Waals surface area contributed by atoms with Gasteiger partial charge in [0.2, 0.25) is 0 Å². The SMILES string of the molecule is Cl.NCC1CN(C(=O)c2cc(F)cc(F)c2)CCO1. The van der Waals surface area contributed by atoms with E-state index in [1.54, 1.807) is 0 Å². The first kappa shape index (κ1) is 15.8. The van der Waals surface area contributed by atoms with Crippen LogP contribution >= 0.6 is 12.4 Å². The van der Waals surface area contributed by atoms with Crippen LogP contribution in [0.5, 0.6) is 0 Å². The van der Waals surface area contributed by atoms with Crippen molar-refractivity contribution >= 4 is 18.3 Å². The second-order valence-electron chi connectivity index (χ2n) is 4.14. The van der Waals surface area contributed by atoms with Crippen molar-refractivity contribution in [2.24, 2.45) is 5.73 Å². The normalized spacial score (nSPS) is 18.9. The van der Waals surface area contributed by atoms with Crippen LogP contribution < -0.4 is 5.73 Å². The van der Waals surface area contributed by atoms with Gasteiger partial charge < -0.3 is 15.4 Å². The predicted octanol–water partition coefficient (Wildman–Crippen LogP) is 1.19. The maximum absolute atomic E-state index is 13.0. The number of nitrogens with two attached hydrogens (primary N) is 1. The first-order chi connectivity index (χ1) is 8.60. The molecular weight excluding hydrogens is 278 g/mol. The van der Waals surface area contributed by atoms with E-state index in [9.17, 15) is 13.6 Å². The summed E-state index contributed by atoms with van der Waals surface area (Å²) in [7, 11) is 0. The Bertz CT molecular complexity index is 439. The largest absolute Gasteiger partial charge is 0.373 e. The molecule has 0 aromatic heterocycles. The number of hydrogen-bond acceptors (Lipinski definition) is 3. The third kappa shape index (κ3) is 3.86. The monoisotopic (exact) mass is 292 g/mol. The molecule has 1 aromatic rings. The third-order valence-corrected chi connectivity index (χ3v) is 2.80. The van der Waals surface area contributed by atoms with Crippen LogP contribution in [-0.2, 0) is 4.74 Å². The minimum Gasteiger partial charge on any atom is -0.373 e. The average Bonchev–Trinajstić information content (AvgIpc) is 2.37. The molecular formula is C12H15ClF2N2O2. The number of benzene rings is 1. The molecule has 7 heteroatoms. The lowest BCUT2D eigenvalue weighted by atomic mass is 10.1. The van der Waals surface area contributed by atoms with Gasteiger partial charge in [0.25, 0.3) is 5.91 Å². The van der Waals surface area contributed by atoms with Crippen LogP contribution in [0.2, 0.25) is 0 Å². The van der Waals surface area contributed by atoms with Gasteiger partial charge in [0.15, 0.2) is 0 Å². The minimum atomic E-state index is -0.762. The number of rotatable bonds is 2. The van der Waals surface area contributed by atoms with Crippen molar-refractivity contribution in [3.05, 3.63) is 35.4 Å². The fourth-order valence-corrected chi connectivity index (χ4v) is 1.91. The lowest BCUT2D eigenvalue weighted by molar-refractivity contribution is -0.0167. The molecule has 0 aliphatic carbocycles. The number of nitrogens with zero attached hydrogens (tertiary/aromatic N) is 1. The quantitative estimate of drug-likeness (QED) is 0.891. The fourth-order valence-electron chi connectivity index (χ4n) is 1.91. The Balaban J connectivity index is 0.00000180. The maximum Gasteiger partial charge on any atom is 0.254 e. The molecule has 1 saturated heterocycles. The number of ether oxygens (including phenoxy) is 1. The van der Waals surface area contributed by atoms with E-state index in [0.717, 1.165) is 18.2 Å². The Morgan fingerprint density at radius 3 is 2.58 bits per heavy atom. The Morgan fingerprint density at radius 2 is 2.00 bits per heavy atom. The molecule has 1 amide bonds. The number of hydrogen-bond donors (Lipinski definition) is 1. The van der Waals surface area contributed by atoms with Crippen LogP contribution in [0.3, 0.4) is 0 Å². The summed E-state index contributed by atoms with van der Waals surface area (Å²) >= 11 is 0. The van der Waals surface area contributed by atoms with Gasteiger partial charge in [0.1, 0.15) is 11.6 Å². The third-order valence-electron chi connectivity index (χ3n) is 2.80. The molecule has 0 spiro atoms. The molecule has 19 heavy (non-hydrogen) atoms. The van der Waals surface area contributed by atoms with Gasteiger partial charge in [0, 0.05) is 31.3 Å². The van der Waals surface area contributed by atoms with Crippen LogP contribution in [0.15, 0.2) is 18.2 Å². The summed E-state index contributed by atoms with van der Waals surface area (Å²) in [5, 5.41) is 0. The van der Waals surface area contributed by atoms with Gasteiger partial charge in [-0.15, -0.1) is 12.4 Å². The molecule has 1 unspecified atom stereocenters. The van der Waals surface area contributed by atoms with Gasteiger partial charge in [-0.3, -0.25) is 4.79 Å². The summed E-state index contributed by atoms with van der Waals surface area (Å²) < 4.78 is 31.4. The summed E-state index contributed by atoms with van der Waals surface area (Å²) in [6.45, 7) is 1.42. The van der Waals surface area contributed by atoms with Crippen molar-refractivity contribution in [3.63, 3.8) is 0 Å². The molecule has 1 atom stereocenters. The van der Waals surface area contributed by atoms with E-state index in [1.807, 2.05) is 0 Å². The minimum absolute atomic E-state index is 0. The van der Waals surface area contributed by atoms with Crippen LogP contribution in [0.4, 0.5) is 8.78 Å². The van der Waals surface area contributed by atoms with Crippen LogP contribution in [0.1, 0.15) is 10.4 Å². The summed E-state index contributed by atoms with van der Waals surface area (Å²) in [6, 6.07) is 2.79. The number of morpholine rings is 1. The van der Waals surface area contributed by atoms with E-state index in [1.165, 1.54) is 4.90 Å². The number of halogens is 3. The first-order valence-corrected chi connectivity index (χ1v) is 5.67. The highest BCUT2D eigenvalue weighted by atomic mass is 35.5. The Kier molecular flexibility index (Phi) is 5.65. The van der Waals surface area contributed by atoms with Crippen molar-refractivity contribution in [1.82, 2.24) is 4.90 Å². The molecule has 4 nitrogen and oxygen atoms in total. The number of carbonyl (C=O) groups excluding carboxylic acids is 1. The highest BCUT2D eigenvalue weighted by molar-refractivity contribution is 5.94. The predicted molar refractivity (Wildman–Crippen MR) is 68.3 cm³/mol. The van der Waals surface area contributed by atoms with Gasteiger partial charge in [-0.2, -0.15) is 0 Å². The van der Waals surface area contributed by atoms with E-state index in [2.05, 4.69) is 0 Å². The zero-order valence-electron chi connectivity index (χ0n) is 10.1. The molecule has 1 aliphatic heterocycles.